The number of benzene rings is 3. The second-order valence-corrected chi connectivity index (χ2v) is 8.06. The molecular weight excluding hydrogens is 402 g/mol. The molecule has 0 bridgehead atoms. The predicted octanol–water partition coefficient (Wildman–Crippen LogP) is 4.00. The molecule has 5 rings (SSSR count). The normalized spacial score (nSPS) is 14.6. The van der Waals surface area contributed by atoms with Crippen LogP contribution in [0.3, 0.4) is 0 Å². The molecule has 0 radical (unpaired) electrons. The van der Waals surface area contributed by atoms with Gasteiger partial charge in [-0.2, -0.15) is 0 Å². The fraction of sp³-hybridized carbons (Fsp3) is 0.231. The van der Waals surface area contributed by atoms with Crippen molar-refractivity contribution in [3.63, 3.8) is 0 Å². The van der Waals surface area contributed by atoms with Gasteiger partial charge in [-0.1, -0.05) is 48.5 Å². The van der Waals surface area contributed by atoms with Crippen LogP contribution in [0.4, 0.5) is 17.1 Å². The SMILES string of the molecule is O=C(CCN1C(=O)COc2ccccc21)Nc1ccccc1CN1CCc2ccccc21. The molecule has 6 heteroatoms. The van der Waals surface area contributed by atoms with Gasteiger partial charge in [0.05, 0.1) is 5.69 Å². The van der Waals surface area contributed by atoms with Gasteiger partial charge in [0.2, 0.25) is 5.91 Å². The van der Waals surface area contributed by atoms with E-state index in [0.717, 1.165) is 30.8 Å². The first kappa shape index (κ1) is 20.1. The van der Waals surface area contributed by atoms with E-state index in [1.807, 2.05) is 42.5 Å². The quantitative estimate of drug-likeness (QED) is 0.646. The lowest BCUT2D eigenvalue weighted by Crippen LogP contribution is -2.40. The van der Waals surface area contributed by atoms with Gasteiger partial charge in [-0.15, -0.1) is 0 Å². The van der Waals surface area contributed by atoms with Crippen LogP contribution in [0, 0.1) is 0 Å². The van der Waals surface area contributed by atoms with Gasteiger partial charge in [-0.05, 0) is 41.8 Å². The van der Waals surface area contributed by atoms with Gasteiger partial charge in [-0.3, -0.25) is 9.59 Å². The molecule has 0 saturated heterocycles. The predicted molar refractivity (Wildman–Crippen MR) is 125 cm³/mol. The van der Waals surface area contributed by atoms with Crippen molar-refractivity contribution in [1.82, 2.24) is 0 Å². The van der Waals surface area contributed by atoms with E-state index < -0.39 is 0 Å². The number of nitrogens with zero attached hydrogens (tertiary/aromatic N) is 2. The summed E-state index contributed by atoms with van der Waals surface area (Å²) in [6, 6.07) is 23.8. The van der Waals surface area contributed by atoms with Crippen LogP contribution in [0.2, 0.25) is 0 Å². The Bertz CT molecular complexity index is 1160. The second-order valence-electron chi connectivity index (χ2n) is 8.06. The van der Waals surface area contributed by atoms with Crippen LogP contribution in [0.15, 0.2) is 72.8 Å². The summed E-state index contributed by atoms with van der Waals surface area (Å²) >= 11 is 0. The third-order valence-electron chi connectivity index (χ3n) is 6.01. The summed E-state index contributed by atoms with van der Waals surface area (Å²) in [7, 11) is 0. The molecule has 1 N–H and O–H groups in total. The number of para-hydroxylation sites is 4. The van der Waals surface area contributed by atoms with Crippen LogP contribution in [-0.2, 0) is 22.6 Å². The van der Waals surface area contributed by atoms with Crippen molar-refractivity contribution in [2.24, 2.45) is 0 Å². The molecule has 32 heavy (non-hydrogen) atoms. The number of carbonyl (C=O) groups is 2. The average Bonchev–Trinajstić information content (AvgIpc) is 3.22. The number of fused-ring (bicyclic) bond motifs is 2. The van der Waals surface area contributed by atoms with Crippen molar-refractivity contribution >= 4 is 28.9 Å². The third kappa shape index (κ3) is 4.04. The molecule has 162 valence electrons. The van der Waals surface area contributed by atoms with Gasteiger partial charge in [0.1, 0.15) is 5.75 Å². The van der Waals surface area contributed by atoms with E-state index in [4.69, 9.17) is 4.74 Å². The molecule has 3 aromatic rings. The van der Waals surface area contributed by atoms with E-state index in [2.05, 4.69) is 40.5 Å². The Balaban J connectivity index is 1.25. The Hall–Kier alpha value is -3.80. The minimum Gasteiger partial charge on any atom is -0.482 e. The average molecular weight is 428 g/mol. The zero-order valence-corrected chi connectivity index (χ0v) is 17.8. The molecule has 3 aromatic carbocycles. The molecule has 6 nitrogen and oxygen atoms in total. The Morgan fingerprint density at radius 1 is 0.938 bits per heavy atom. The fourth-order valence-electron chi connectivity index (χ4n) is 4.38. The number of carbonyl (C=O) groups excluding carboxylic acids is 2. The van der Waals surface area contributed by atoms with Crippen LogP contribution >= 0.6 is 0 Å². The first-order valence-electron chi connectivity index (χ1n) is 10.9. The molecule has 0 atom stereocenters. The number of amides is 2. The van der Waals surface area contributed by atoms with E-state index in [9.17, 15) is 9.59 Å². The summed E-state index contributed by atoms with van der Waals surface area (Å²) in [6.45, 7) is 2.02. The van der Waals surface area contributed by atoms with E-state index >= 15 is 0 Å². The second kappa shape index (κ2) is 8.75. The summed E-state index contributed by atoms with van der Waals surface area (Å²) in [5.74, 6) is 0.421. The van der Waals surface area contributed by atoms with Gasteiger partial charge in [0.25, 0.3) is 5.91 Å². The molecule has 0 unspecified atom stereocenters. The first-order valence-corrected chi connectivity index (χ1v) is 10.9. The Morgan fingerprint density at radius 3 is 2.59 bits per heavy atom. The van der Waals surface area contributed by atoms with Crippen LogP contribution in [0.1, 0.15) is 17.5 Å². The highest BCUT2D eigenvalue weighted by Crippen LogP contribution is 2.32. The van der Waals surface area contributed by atoms with E-state index in [0.29, 0.717) is 18.0 Å². The Kier molecular flexibility index (Phi) is 5.50. The van der Waals surface area contributed by atoms with E-state index in [-0.39, 0.29) is 24.8 Å². The monoisotopic (exact) mass is 427 g/mol. The smallest absolute Gasteiger partial charge is 0.265 e. The lowest BCUT2D eigenvalue weighted by atomic mass is 10.1. The maximum Gasteiger partial charge on any atom is 0.265 e. The number of ether oxygens (including phenoxy) is 1. The molecule has 0 spiro atoms. The molecule has 0 saturated carbocycles. The van der Waals surface area contributed by atoms with Gasteiger partial charge >= 0.3 is 0 Å². The van der Waals surface area contributed by atoms with Crippen molar-refractivity contribution < 1.29 is 14.3 Å². The lowest BCUT2D eigenvalue weighted by Gasteiger charge is -2.29. The highest BCUT2D eigenvalue weighted by molar-refractivity contribution is 5.99. The number of rotatable bonds is 6. The van der Waals surface area contributed by atoms with Gasteiger partial charge in [-0.25, -0.2) is 0 Å². The minimum absolute atomic E-state index is 0.00122. The molecule has 0 aliphatic carbocycles. The van der Waals surface area contributed by atoms with E-state index in [1.54, 1.807) is 4.90 Å². The van der Waals surface area contributed by atoms with Crippen molar-refractivity contribution in [2.75, 3.05) is 34.8 Å². The highest BCUT2D eigenvalue weighted by Gasteiger charge is 2.25. The number of hydrogen-bond acceptors (Lipinski definition) is 4. The minimum atomic E-state index is -0.135. The number of nitrogens with one attached hydrogen (secondary N) is 1. The van der Waals surface area contributed by atoms with Gasteiger partial charge < -0.3 is 19.9 Å². The zero-order valence-electron chi connectivity index (χ0n) is 17.8. The number of hydrogen-bond donors (Lipinski definition) is 1. The van der Waals surface area contributed by atoms with Crippen LogP contribution < -0.4 is 19.9 Å². The number of anilines is 3. The molecule has 2 aliphatic heterocycles. The Morgan fingerprint density at radius 2 is 1.69 bits per heavy atom. The van der Waals surface area contributed by atoms with Crippen LogP contribution in [0.5, 0.6) is 5.75 Å². The lowest BCUT2D eigenvalue weighted by molar-refractivity contribution is -0.121. The van der Waals surface area contributed by atoms with Crippen molar-refractivity contribution in [3.8, 4) is 5.75 Å². The van der Waals surface area contributed by atoms with Crippen LogP contribution in [-0.4, -0.2) is 31.5 Å². The largest absolute Gasteiger partial charge is 0.482 e. The summed E-state index contributed by atoms with van der Waals surface area (Å²) in [6.07, 6.45) is 1.25. The first-order chi connectivity index (χ1) is 15.7. The van der Waals surface area contributed by atoms with E-state index in [1.165, 1.54) is 11.3 Å². The summed E-state index contributed by atoms with van der Waals surface area (Å²) in [4.78, 5) is 29.1. The molecule has 0 aromatic heterocycles. The Labute approximate surface area is 187 Å². The molecule has 0 fully saturated rings. The summed E-state index contributed by atoms with van der Waals surface area (Å²) in [5.41, 5.74) is 5.23. The summed E-state index contributed by atoms with van der Waals surface area (Å²) in [5, 5.41) is 3.05. The maximum absolute atomic E-state index is 12.8. The van der Waals surface area contributed by atoms with Gasteiger partial charge in [0, 0.05) is 37.4 Å². The molecule has 2 heterocycles. The molecule has 2 amide bonds. The molecule has 2 aliphatic rings. The summed E-state index contributed by atoms with van der Waals surface area (Å²) < 4.78 is 5.48. The standard InChI is InChI=1S/C26H25N3O3/c30-25(14-16-29-23-11-5-6-12-24(23)32-18-26(29)31)27-21-9-3-1-8-20(21)17-28-15-13-19-7-2-4-10-22(19)28/h1-12H,13-18H2,(H,27,30). The highest BCUT2D eigenvalue weighted by atomic mass is 16.5. The van der Waals surface area contributed by atoms with Gasteiger partial charge in [0.15, 0.2) is 6.61 Å². The topological polar surface area (TPSA) is 61.9 Å². The van der Waals surface area contributed by atoms with Crippen molar-refractivity contribution in [1.29, 1.82) is 0 Å². The molecular formula is C26H25N3O3. The fourth-order valence-corrected chi connectivity index (χ4v) is 4.38. The van der Waals surface area contributed by atoms with Crippen molar-refractivity contribution in [2.45, 2.75) is 19.4 Å². The third-order valence-corrected chi connectivity index (χ3v) is 6.01. The zero-order chi connectivity index (χ0) is 21.9. The van der Waals surface area contributed by atoms with Crippen LogP contribution in [0.25, 0.3) is 0 Å². The van der Waals surface area contributed by atoms with Crippen molar-refractivity contribution in [3.05, 3.63) is 83.9 Å². The maximum atomic E-state index is 12.8.